The Hall–Kier alpha value is -0.470. The minimum atomic E-state index is -3.32. The number of piperazine rings is 1. The molecule has 0 amide bonds. The summed E-state index contributed by atoms with van der Waals surface area (Å²) >= 11 is 3.19. The van der Waals surface area contributed by atoms with Gasteiger partial charge in [-0.1, -0.05) is 22.0 Å². The zero-order valence-corrected chi connectivity index (χ0v) is 13.6. The highest BCUT2D eigenvalue weighted by Gasteiger charge is 2.45. The van der Waals surface area contributed by atoms with E-state index < -0.39 is 18.6 Å². The van der Waals surface area contributed by atoms with E-state index in [9.17, 15) is 13.9 Å². The SMILES string of the molecule is Cl.OCC(F)(F)[C@H](c1ccc(Br)cc1O)N1CCNCC1. The molecule has 1 saturated heterocycles. The van der Waals surface area contributed by atoms with Crippen molar-refractivity contribution in [3.8, 4) is 5.75 Å². The molecule has 3 N–H and O–H groups in total. The van der Waals surface area contributed by atoms with E-state index in [0.717, 1.165) is 0 Å². The molecule has 21 heavy (non-hydrogen) atoms. The monoisotopic (exact) mass is 386 g/mol. The summed E-state index contributed by atoms with van der Waals surface area (Å²) in [6.45, 7) is 0.840. The molecule has 1 atom stereocenters. The molecule has 8 heteroatoms. The fraction of sp³-hybridized carbons (Fsp3) is 0.538. The van der Waals surface area contributed by atoms with Crippen LogP contribution in [0.3, 0.4) is 0 Å². The minimum absolute atomic E-state index is 0. The lowest BCUT2D eigenvalue weighted by atomic mass is 9.97. The number of phenols is 1. The molecule has 0 aromatic heterocycles. The number of halogens is 4. The van der Waals surface area contributed by atoms with Gasteiger partial charge in [-0.2, -0.15) is 0 Å². The molecule has 0 unspecified atom stereocenters. The third-order valence-electron chi connectivity index (χ3n) is 3.41. The number of nitrogens with zero attached hydrogens (tertiary/aromatic N) is 1. The topological polar surface area (TPSA) is 55.7 Å². The van der Waals surface area contributed by atoms with Crippen molar-refractivity contribution in [2.75, 3.05) is 32.8 Å². The lowest BCUT2D eigenvalue weighted by Crippen LogP contribution is -2.51. The summed E-state index contributed by atoms with van der Waals surface area (Å²) in [5.41, 5.74) is 0.133. The Bertz CT molecular complexity index is 473. The van der Waals surface area contributed by atoms with Gasteiger partial charge in [0.2, 0.25) is 0 Å². The van der Waals surface area contributed by atoms with Gasteiger partial charge in [-0.3, -0.25) is 4.90 Å². The van der Waals surface area contributed by atoms with Gasteiger partial charge in [0.1, 0.15) is 18.4 Å². The third-order valence-corrected chi connectivity index (χ3v) is 3.91. The summed E-state index contributed by atoms with van der Waals surface area (Å²) < 4.78 is 28.9. The van der Waals surface area contributed by atoms with Crippen LogP contribution in [0.5, 0.6) is 5.75 Å². The highest BCUT2D eigenvalue weighted by molar-refractivity contribution is 9.10. The predicted octanol–water partition coefficient (Wildman–Crippen LogP) is 2.15. The van der Waals surface area contributed by atoms with Gasteiger partial charge in [-0.25, -0.2) is 8.78 Å². The van der Waals surface area contributed by atoms with Gasteiger partial charge in [0, 0.05) is 36.2 Å². The second-order valence-corrected chi connectivity index (χ2v) is 5.73. The van der Waals surface area contributed by atoms with Crippen LogP contribution >= 0.6 is 28.3 Å². The van der Waals surface area contributed by atoms with E-state index >= 15 is 0 Å². The standard InChI is InChI=1S/C13H17BrF2N2O2.ClH/c14-9-1-2-10(11(20)7-9)12(13(15,16)8-19)18-5-3-17-4-6-18;/h1-2,7,12,17,19-20H,3-6,8H2;1H/t12-;/m0./s1. The van der Waals surface area contributed by atoms with Crippen LogP contribution in [0.4, 0.5) is 8.78 Å². The Morgan fingerprint density at radius 2 is 1.95 bits per heavy atom. The van der Waals surface area contributed by atoms with Crippen LogP contribution in [0.1, 0.15) is 11.6 Å². The van der Waals surface area contributed by atoms with Crippen LogP contribution in [-0.4, -0.2) is 53.8 Å². The minimum Gasteiger partial charge on any atom is -0.508 e. The Labute approximate surface area is 136 Å². The highest BCUT2D eigenvalue weighted by atomic mass is 79.9. The molecule has 0 bridgehead atoms. The normalized spacial score (nSPS) is 18.1. The van der Waals surface area contributed by atoms with Crippen LogP contribution in [0.15, 0.2) is 22.7 Å². The van der Waals surface area contributed by atoms with E-state index in [1.54, 1.807) is 11.0 Å². The van der Waals surface area contributed by atoms with Gasteiger partial charge in [0.15, 0.2) is 0 Å². The van der Waals surface area contributed by atoms with Gasteiger partial charge < -0.3 is 15.5 Å². The molecule has 4 nitrogen and oxygen atoms in total. The molecule has 120 valence electrons. The van der Waals surface area contributed by atoms with Crippen molar-refractivity contribution in [1.82, 2.24) is 10.2 Å². The average Bonchev–Trinajstić information content (AvgIpc) is 2.43. The first-order chi connectivity index (χ1) is 9.45. The Morgan fingerprint density at radius 1 is 1.33 bits per heavy atom. The summed E-state index contributed by atoms with van der Waals surface area (Å²) in [5.74, 6) is -3.51. The Kier molecular flexibility index (Phi) is 6.80. The number of hydrogen-bond donors (Lipinski definition) is 3. The van der Waals surface area contributed by atoms with Crippen molar-refractivity contribution >= 4 is 28.3 Å². The Morgan fingerprint density at radius 3 is 2.48 bits per heavy atom. The van der Waals surface area contributed by atoms with E-state index in [-0.39, 0.29) is 23.7 Å². The van der Waals surface area contributed by atoms with Crippen molar-refractivity contribution in [2.24, 2.45) is 0 Å². The molecule has 0 spiro atoms. The van der Waals surface area contributed by atoms with Crippen LogP contribution < -0.4 is 5.32 Å². The molecule has 1 aromatic rings. The number of phenolic OH excluding ortho intramolecular Hbond substituents is 1. The first-order valence-electron chi connectivity index (χ1n) is 6.37. The van der Waals surface area contributed by atoms with Crippen LogP contribution in [0, 0.1) is 0 Å². The van der Waals surface area contributed by atoms with Crippen molar-refractivity contribution in [3.63, 3.8) is 0 Å². The maximum atomic E-state index is 14.1. The summed E-state index contributed by atoms with van der Waals surface area (Å²) in [6, 6.07) is 3.13. The van der Waals surface area contributed by atoms with Gasteiger partial charge in [0.25, 0.3) is 5.92 Å². The summed E-state index contributed by atoms with van der Waals surface area (Å²) in [6.07, 6.45) is 0. The smallest absolute Gasteiger partial charge is 0.290 e. The van der Waals surface area contributed by atoms with Crippen molar-refractivity contribution in [3.05, 3.63) is 28.2 Å². The highest BCUT2D eigenvalue weighted by Crippen LogP contribution is 2.40. The second kappa shape index (κ2) is 7.69. The third kappa shape index (κ3) is 4.26. The maximum Gasteiger partial charge on any atom is 0.290 e. The number of nitrogens with one attached hydrogen (secondary N) is 1. The molecule has 0 aliphatic carbocycles. The summed E-state index contributed by atoms with van der Waals surface area (Å²) in [4.78, 5) is 1.59. The molecular weight excluding hydrogens is 370 g/mol. The first kappa shape index (κ1) is 18.6. The van der Waals surface area contributed by atoms with E-state index in [0.29, 0.717) is 30.7 Å². The number of rotatable bonds is 4. The number of alkyl halides is 2. The van der Waals surface area contributed by atoms with Crippen molar-refractivity contribution < 1.29 is 19.0 Å². The molecule has 0 saturated carbocycles. The summed E-state index contributed by atoms with van der Waals surface area (Å²) in [7, 11) is 0. The molecule has 0 radical (unpaired) electrons. The molecule has 2 rings (SSSR count). The molecule has 1 heterocycles. The van der Waals surface area contributed by atoms with Crippen molar-refractivity contribution in [2.45, 2.75) is 12.0 Å². The van der Waals surface area contributed by atoms with Crippen molar-refractivity contribution in [1.29, 1.82) is 0 Å². The van der Waals surface area contributed by atoms with Gasteiger partial charge in [-0.05, 0) is 12.1 Å². The number of aromatic hydroxyl groups is 1. The first-order valence-corrected chi connectivity index (χ1v) is 7.17. The number of hydrogen-bond acceptors (Lipinski definition) is 4. The molecule has 1 aliphatic heterocycles. The molecule has 1 aromatic carbocycles. The van der Waals surface area contributed by atoms with E-state index in [4.69, 9.17) is 5.11 Å². The van der Waals surface area contributed by atoms with E-state index in [1.165, 1.54) is 12.1 Å². The molecular formula is C13H18BrClF2N2O2. The number of benzene rings is 1. The summed E-state index contributed by atoms with van der Waals surface area (Å²) in [5, 5.41) is 22.1. The second-order valence-electron chi connectivity index (χ2n) is 4.81. The average molecular weight is 388 g/mol. The van der Waals surface area contributed by atoms with Gasteiger partial charge >= 0.3 is 0 Å². The lowest BCUT2D eigenvalue weighted by Gasteiger charge is -2.38. The fourth-order valence-corrected chi connectivity index (χ4v) is 2.82. The lowest BCUT2D eigenvalue weighted by molar-refractivity contribution is -0.119. The number of aliphatic hydroxyl groups is 1. The molecule has 1 fully saturated rings. The Balaban J connectivity index is 0.00000220. The van der Waals surface area contributed by atoms with E-state index in [1.807, 2.05) is 0 Å². The maximum absolute atomic E-state index is 14.1. The predicted molar refractivity (Wildman–Crippen MR) is 82.3 cm³/mol. The zero-order chi connectivity index (χ0) is 14.8. The van der Waals surface area contributed by atoms with Gasteiger partial charge in [0.05, 0.1) is 0 Å². The van der Waals surface area contributed by atoms with E-state index in [2.05, 4.69) is 21.2 Å². The largest absolute Gasteiger partial charge is 0.508 e. The quantitative estimate of drug-likeness (QED) is 0.741. The van der Waals surface area contributed by atoms with Crippen LogP contribution in [0.25, 0.3) is 0 Å². The van der Waals surface area contributed by atoms with Crippen LogP contribution in [0.2, 0.25) is 0 Å². The van der Waals surface area contributed by atoms with Crippen LogP contribution in [-0.2, 0) is 0 Å². The van der Waals surface area contributed by atoms with Gasteiger partial charge in [-0.15, -0.1) is 12.4 Å². The fourth-order valence-electron chi connectivity index (χ4n) is 2.47. The zero-order valence-electron chi connectivity index (χ0n) is 11.2. The molecule has 1 aliphatic rings. The number of aliphatic hydroxyl groups excluding tert-OH is 1.